The first-order valence-corrected chi connectivity index (χ1v) is 11.3. The smallest absolute Gasteiger partial charge is 0.243 e. The van der Waals surface area contributed by atoms with E-state index >= 15 is 0 Å². The molecule has 0 unspecified atom stereocenters. The molecule has 2 amide bonds. The Labute approximate surface area is 157 Å². The molecule has 1 aromatic heterocycles. The van der Waals surface area contributed by atoms with E-state index in [0.717, 1.165) is 21.7 Å². The van der Waals surface area contributed by atoms with Crippen molar-refractivity contribution in [2.75, 3.05) is 18.1 Å². The zero-order chi connectivity index (χ0) is 16.4. The zero-order valence-corrected chi connectivity index (χ0v) is 16.9. The van der Waals surface area contributed by atoms with E-state index in [-0.39, 0.29) is 22.7 Å². The maximum atomic E-state index is 12.4. The maximum Gasteiger partial charge on any atom is 0.243 e. The van der Waals surface area contributed by atoms with Gasteiger partial charge in [-0.2, -0.15) is 11.8 Å². The van der Waals surface area contributed by atoms with Crippen molar-refractivity contribution in [1.29, 1.82) is 0 Å². The summed E-state index contributed by atoms with van der Waals surface area (Å²) in [6, 6.07) is 3.89. The molecule has 0 bridgehead atoms. The van der Waals surface area contributed by atoms with Crippen LogP contribution in [0.1, 0.15) is 24.6 Å². The van der Waals surface area contributed by atoms with Gasteiger partial charge < -0.3 is 10.2 Å². The minimum absolute atomic E-state index is 0.00376. The molecule has 1 aromatic rings. The summed E-state index contributed by atoms with van der Waals surface area (Å²) in [5, 5.41) is 2.99. The minimum Gasteiger partial charge on any atom is -0.353 e. The van der Waals surface area contributed by atoms with E-state index in [4.69, 9.17) is 0 Å². The quantitative estimate of drug-likeness (QED) is 0.697. The van der Waals surface area contributed by atoms with Crippen LogP contribution in [0.15, 0.2) is 15.9 Å². The second-order valence-electron chi connectivity index (χ2n) is 5.81. The molecule has 0 radical (unpaired) electrons. The van der Waals surface area contributed by atoms with Gasteiger partial charge in [-0.3, -0.25) is 9.59 Å². The lowest BCUT2D eigenvalue weighted by molar-refractivity contribution is -0.137. The van der Waals surface area contributed by atoms with Crippen LogP contribution >= 0.6 is 50.8 Å². The lowest BCUT2D eigenvalue weighted by atomic mass is 10.2. The first-order chi connectivity index (χ1) is 11.0. The molecule has 2 saturated heterocycles. The SMILES string of the molecule is C[C@@]12CCC(=O)N1[C@@H](C(=O)NCCSCc1ccc(Br)s1)CS2. The molecule has 2 atom stereocenters. The summed E-state index contributed by atoms with van der Waals surface area (Å²) in [5.74, 6) is 2.68. The molecule has 2 aliphatic heterocycles. The summed E-state index contributed by atoms with van der Waals surface area (Å²) in [4.78, 5) is 27.4. The van der Waals surface area contributed by atoms with E-state index in [1.807, 2.05) is 16.7 Å². The fourth-order valence-electron chi connectivity index (χ4n) is 2.98. The number of fused-ring (bicyclic) bond motifs is 1. The molecule has 4 nitrogen and oxygen atoms in total. The number of rotatable bonds is 6. The van der Waals surface area contributed by atoms with Gasteiger partial charge in [0.1, 0.15) is 6.04 Å². The lowest BCUT2D eigenvalue weighted by Crippen LogP contribution is -2.50. The second kappa shape index (κ2) is 7.37. The largest absolute Gasteiger partial charge is 0.353 e. The van der Waals surface area contributed by atoms with Crippen molar-refractivity contribution < 1.29 is 9.59 Å². The van der Waals surface area contributed by atoms with Crippen LogP contribution in [-0.2, 0) is 15.3 Å². The molecule has 0 aromatic carbocycles. The standard InChI is InChI=1S/C15H19BrN2O2S3/c1-15-5-4-13(19)18(15)11(9-22-15)14(20)17-6-7-21-8-10-2-3-12(16)23-10/h2-3,11H,4-9H2,1H3,(H,17,20)/t11-,15-/m1/s1. The topological polar surface area (TPSA) is 49.4 Å². The van der Waals surface area contributed by atoms with Crippen molar-refractivity contribution in [2.24, 2.45) is 0 Å². The predicted octanol–water partition coefficient (Wildman–Crippen LogP) is 3.31. The molecule has 126 valence electrons. The van der Waals surface area contributed by atoms with Gasteiger partial charge in [0.25, 0.3) is 0 Å². The average Bonchev–Trinajstić information content (AvgIpc) is 3.15. The summed E-state index contributed by atoms with van der Waals surface area (Å²) < 4.78 is 1.15. The fraction of sp³-hybridized carbons (Fsp3) is 0.600. The summed E-state index contributed by atoms with van der Waals surface area (Å²) in [7, 11) is 0. The Morgan fingerprint density at radius 3 is 3.13 bits per heavy atom. The van der Waals surface area contributed by atoms with E-state index in [9.17, 15) is 9.59 Å². The molecule has 0 aliphatic carbocycles. The van der Waals surface area contributed by atoms with Crippen LogP contribution in [0.25, 0.3) is 0 Å². The van der Waals surface area contributed by atoms with Crippen molar-refractivity contribution in [3.63, 3.8) is 0 Å². The maximum absolute atomic E-state index is 12.4. The molecular weight excluding hydrogens is 416 g/mol. The minimum atomic E-state index is -0.293. The van der Waals surface area contributed by atoms with Crippen LogP contribution in [0, 0.1) is 0 Å². The number of hydrogen-bond acceptors (Lipinski definition) is 5. The number of thioether (sulfide) groups is 2. The van der Waals surface area contributed by atoms with Gasteiger partial charge in [0, 0.05) is 35.1 Å². The number of carbonyl (C=O) groups is 2. The van der Waals surface area contributed by atoms with Gasteiger partial charge in [-0.25, -0.2) is 0 Å². The van der Waals surface area contributed by atoms with Crippen LogP contribution < -0.4 is 5.32 Å². The van der Waals surface area contributed by atoms with E-state index in [1.165, 1.54) is 4.88 Å². The van der Waals surface area contributed by atoms with Crippen LogP contribution in [0.5, 0.6) is 0 Å². The van der Waals surface area contributed by atoms with Crippen LogP contribution in [0.2, 0.25) is 0 Å². The van der Waals surface area contributed by atoms with Gasteiger partial charge in [-0.05, 0) is 41.4 Å². The summed E-state index contributed by atoms with van der Waals surface area (Å²) in [6.45, 7) is 2.72. The summed E-state index contributed by atoms with van der Waals surface area (Å²) in [6.07, 6.45) is 1.42. The van der Waals surface area contributed by atoms with Crippen molar-refractivity contribution in [2.45, 2.75) is 36.4 Å². The Kier molecular flexibility index (Phi) is 5.65. The van der Waals surface area contributed by atoms with Gasteiger partial charge in [0.05, 0.1) is 8.66 Å². The van der Waals surface area contributed by atoms with Crippen LogP contribution in [-0.4, -0.2) is 45.7 Å². The van der Waals surface area contributed by atoms with E-state index in [1.54, 1.807) is 23.1 Å². The third-order valence-electron chi connectivity index (χ3n) is 4.17. The van der Waals surface area contributed by atoms with Crippen LogP contribution in [0.4, 0.5) is 0 Å². The van der Waals surface area contributed by atoms with E-state index < -0.39 is 0 Å². The molecule has 2 fully saturated rings. The Morgan fingerprint density at radius 1 is 1.57 bits per heavy atom. The molecule has 8 heteroatoms. The van der Waals surface area contributed by atoms with Crippen molar-refractivity contribution in [3.8, 4) is 0 Å². The number of carbonyl (C=O) groups excluding carboxylic acids is 2. The number of hydrogen-bond donors (Lipinski definition) is 1. The Bertz CT molecular complexity index is 609. The number of halogens is 1. The number of nitrogens with zero attached hydrogens (tertiary/aromatic N) is 1. The molecule has 2 aliphatic rings. The van der Waals surface area contributed by atoms with Crippen molar-refractivity contribution in [3.05, 3.63) is 20.8 Å². The highest BCUT2D eigenvalue weighted by Crippen LogP contribution is 2.47. The monoisotopic (exact) mass is 434 g/mol. The van der Waals surface area contributed by atoms with Gasteiger partial charge in [0.2, 0.25) is 11.8 Å². The molecule has 0 spiro atoms. The fourth-order valence-corrected chi connectivity index (χ4v) is 6.87. The Hall–Kier alpha value is -0.180. The zero-order valence-electron chi connectivity index (χ0n) is 12.8. The first-order valence-electron chi connectivity index (χ1n) is 7.55. The van der Waals surface area contributed by atoms with Gasteiger partial charge in [0.15, 0.2) is 0 Å². The molecule has 3 heterocycles. The van der Waals surface area contributed by atoms with E-state index in [0.29, 0.717) is 18.7 Å². The normalized spacial score (nSPS) is 26.6. The van der Waals surface area contributed by atoms with Crippen molar-refractivity contribution in [1.82, 2.24) is 10.2 Å². The number of thiophene rings is 1. The van der Waals surface area contributed by atoms with E-state index in [2.05, 4.69) is 40.3 Å². The van der Waals surface area contributed by atoms with Gasteiger partial charge in [-0.1, -0.05) is 0 Å². The predicted molar refractivity (Wildman–Crippen MR) is 102 cm³/mol. The van der Waals surface area contributed by atoms with Crippen molar-refractivity contribution >= 4 is 62.6 Å². The Balaban J connectivity index is 1.40. The first kappa shape index (κ1) is 17.6. The molecule has 3 rings (SSSR count). The summed E-state index contributed by atoms with van der Waals surface area (Å²) >= 11 is 8.75. The Morgan fingerprint density at radius 2 is 2.39 bits per heavy atom. The third-order valence-corrected chi connectivity index (χ3v) is 8.49. The molecule has 1 N–H and O–H groups in total. The highest BCUT2D eigenvalue weighted by atomic mass is 79.9. The number of amides is 2. The third kappa shape index (κ3) is 3.91. The van der Waals surface area contributed by atoms with Gasteiger partial charge in [-0.15, -0.1) is 23.1 Å². The molecule has 0 saturated carbocycles. The summed E-state index contributed by atoms with van der Waals surface area (Å²) in [5.41, 5.74) is 0. The second-order valence-corrected chi connectivity index (χ2v) is 11.0. The highest BCUT2D eigenvalue weighted by molar-refractivity contribution is 9.11. The van der Waals surface area contributed by atoms with Crippen LogP contribution in [0.3, 0.4) is 0 Å². The van der Waals surface area contributed by atoms with Gasteiger partial charge >= 0.3 is 0 Å². The average molecular weight is 435 g/mol. The number of nitrogens with one attached hydrogen (secondary N) is 1. The highest BCUT2D eigenvalue weighted by Gasteiger charge is 2.52. The molecular formula is C15H19BrN2O2S3. The molecule has 23 heavy (non-hydrogen) atoms. The lowest BCUT2D eigenvalue weighted by Gasteiger charge is -2.29.